The van der Waals surface area contributed by atoms with Gasteiger partial charge in [0.1, 0.15) is 0 Å². The van der Waals surface area contributed by atoms with Gasteiger partial charge in [0.05, 0.1) is 11.6 Å². The van der Waals surface area contributed by atoms with Gasteiger partial charge >= 0.3 is 0 Å². The normalized spacial score (nSPS) is 31.0. The van der Waals surface area contributed by atoms with Crippen molar-refractivity contribution < 1.29 is 4.79 Å². The number of benzene rings is 2. The number of para-hydroxylation sites is 1. The molecule has 2 fully saturated rings. The highest BCUT2D eigenvalue weighted by Crippen LogP contribution is 2.56. The fourth-order valence-electron chi connectivity index (χ4n) is 4.91. The third-order valence-corrected chi connectivity index (χ3v) is 5.76. The number of anilines is 1. The Morgan fingerprint density at radius 2 is 1.71 bits per heavy atom. The Labute approximate surface area is 143 Å². The van der Waals surface area contributed by atoms with E-state index in [9.17, 15) is 4.79 Å². The monoisotopic (exact) mass is 320 g/mol. The standard InChI is InChI=1S/C21H24N2O/c1-15(24)22-20-19(16-8-4-2-5-9-16)17-12-13-21(20,14-17)23-18-10-6-3-7-11-18/h2-11,17,19-20,23H,12-14H2,1H3,(H,22,24). The van der Waals surface area contributed by atoms with E-state index in [4.69, 9.17) is 0 Å². The second kappa shape index (κ2) is 5.97. The summed E-state index contributed by atoms with van der Waals surface area (Å²) >= 11 is 0. The van der Waals surface area contributed by atoms with E-state index in [0.29, 0.717) is 11.8 Å². The van der Waals surface area contributed by atoms with Crippen LogP contribution >= 0.6 is 0 Å². The average Bonchev–Trinajstić information content (AvgIpc) is 3.12. The molecule has 2 saturated carbocycles. The molecule has 0 radical (unpaired) electrons. The zero-order chi connectivity index (χ0) is 16.6. The summed E-state index contributed by atoms with van der Waals surface area (Å²) in [5, 5.41) is 7.07. The Kier molecular flexibility index (Phi) is 3.79. The second-order valence-corrected chi connectivity index (χ2v) is 7.26. The molecule has 24 heavy (non-hydrogen) atoms. The predicted octanol–water partition coefficient (Wildman–Crippen LogP) is 3.94. The lowest BCUT2D eigenvalue weighted by Gasteiger charge is -2.41. The largest absolute Gasteiger partial charge is 0.378 e. The third-order valence-electron chi connectivity index (χ3n) is 5.76. The minimum Gasteiger partial charge on any atom is -0.378 e. The molecule has 4 rings (SSSR count). The molecular weight excluding hydrogens is 296 g/mol. The molecule has 2 aliphatic rings. The molecule has 0 saturated heterocycles. The number of nitrogens with one attached hydrogen (secondary N) is 2. The van der Waals surface area contributed by atoms with Gasteiger partial charge in [-0.1, -0.05) is 48.5 Å². The highest BCUT2D eigenvalue weighted by Gasteiger charge is 2.58. The summed E-state index contributed by atoms with van der Waals surface area (Å²) in [6.07, 6.45) is 3.45. The van der Waals surface area contributed by atoms with Crippen molar-refractivity contribution in [1.29, 1.82) is 0 Å². The van der Waals surface area contributed by atoms with Gasteiger partial charge in [-0.05, 0) is 42.9 Å². The van der Waals surface area contributed by atoms with Crippen LogP contribution in [-0.2, 0) is 4.79 Å². The highest BCUT2D eigenvalue weighted by molar-refractivity contribution is 5.74. The van der Waals surface area contributed by atoms with Crippen LogP contribution in [0.25, 0.3) is 0 Å². The SMILES string of the molecule is CC(=O)NC1C(c2ccccc2)C2CCC1(Nc1ccccc1)C2. The summed E-state index contributed by atoms with van der Waals surface area (Å²) in [6.45, 7) is 1.63. The van der Waals surface area contributed by atoms with Crippen molar-refractivity contribution >= 4 is 11.6 Å². The Balaban J connectivity index is 1.69. The Morgan fingerprint density at radius 1 is 1.04 bits per heavy atom. The van der Waals surface area contributed by atoms with Gasteiger partial charge in [0.15, 0.2) is 0 Å². The number of carbonyl (C=O) groups excluding carboxylic acids is 1. The summed E-state index contributed by atoms with van der Waals surface area (Å²) in [5.41, 5.74) is 2.44. The Bertz CT molecular complexity index is 715. The van der Waals surface area contributed by atoms with Gasteiger partial charge in [0, 0.05) is 18.5 Å². The minimum absolute atomic E-state index is 0.0435. The van der Waals surface area contributed by atoms with Crippen molar-refractivity contribution in [3.8, 4) is 0 Å². The van der Waals surface area contributed by atoms with Gasteiger partial charge in [-0.25, -0.2) is 0 Å². The summed E-state index contributed by atoms with van der Waals surface area (Å²) < 4.78 is 0. The van der Waals surface area contributed by atoms with Crippen LogP contribution in [0.1, 0.15) is 37.7 Å². The second-order valence-electron chi connectivity index (χ2n) is 7.26. The molecule has 0 heterocycles. The van der Waals surface area contributed by atoms with E-state index in [1.165, 1.54) is 12.0 Å². The molecule has 3 nitrogen and oxygen atoms in total. The maximum Gasteiger partial charge on any atom is 0.217 e. The van der Waals surface area contributed by atoms with Crippen LogP contribution in [0.4, 0.5) is 5.69 Å². The maximum absolute atomic E-state index is 11.9. The van der Waals surface area contributed by atoms with E-state index in [2.05, 4.69) is 65.2 Å². The molecule has 1 amide bonds. The quantitative estimate of drug-likeness (QED) is 0.896. The molecule has 3 heteroatoms. The first kappa shape index (κ1) is 15.3. The summed E-state index contributed by atoms with van der Waals surface area (Å²) in [4.78, 5) is 11.9. The molecule has 0 aliphatic heterocycles. The molecule has 2 aromatic carbocycles. The van der Waals surface area contributed by atoms with Crippen molar-refractivity contribution in [3.05, 3.63) is 66.2 Å². The zero-order valence-electron chi connectivity index (χ0n) is 14.0. The van der Waals surface area contributed by atoms with Gasteiger partial charge < -0.3 is 10.6 Å². The molecule has 2 aliphatic carbocycles. The zero-order valence-corrected chi connectivity index (χ0v) is 14.0. The molecule has 2 bridgehead atoms. The molecular formula is C21H24N2O. The van der Waals surface area contributed by atoms with Crippen LogP contribution in [0.3, 0.4) is 0 Å². The number of hydrogen-bond donors (Lipinski definition) is 2. The van der Waals surface area contributed by atoms with Crippen molar-refractivity contribution in [2.45, 2.75) is 43.7 Å². The molecule has 0 aromatic heterocycles. The predicted molar refractivity (Wildman–Crippen MR) is 96.9 cm³/mol. The van der Waals surface area contributed by atoms with E-state index in [1.54, 1.807) is 6.92 Å². The van der Waals surface area contributed by atoms with Gasteiger partial charge in [-0.15, -0.1) is 0 Å². The van der Waals surface area contributed by atoms with Crippen LogP contribution in [-0.4, -0.2) is 17.5 Å². The van der Waals surface area contributed by atoms with Crippen LogP contribution in [0.15, 0.2) is 60.7 Å². The fraction of sp³-hybridized carbons (Fsp3) is 0.381. The van der Waals surface area contributed by atoms with Crippen molar-refractivity contribution in [2.75, 3.05) is 5.32 Å². The Hall–Kier alpha value is -2.29. The molecule has 124 valence electrons. The van der Waals surface area contributed by atoms with E-state index < -0.39 is 0 Å². The van der Waals surface area contributed by atoms with E-state index >= 15 is 0 Å². The summed E-state index contributed by atoms with van der Waals surface area (Å²) in [5.74, 6) is 1.07. The molecule has 2 aromatic rings. The molecule has 4 atom stereocenters. The Morgan fingerprint density at radius 3 is 2.38 bits per heavy atom. The van der Waals surface area contributed by atoms with E-state index in [-0.39, 0.29) is 17.5 Å². The first-order chi connectivity index (χ1) is 11.7. The molecule has 4 unspecified atom stereocenters. The summed E-state index contributed by atoms with van der Waals surface area (Å²) in [6, 6.07) is 21.2. The number of amides is 1. The first-order valence-electron chi connectivity index (χ1n) is 8.83. The molecule has 0 spiro atoms. The lowest BCUT2D eigenvalue weighted by Crippen LogP contribution is -2.56. The number of fused-ring (bicyclic) bond motifs is 2. The topological polar surface area (TPSA) is 41.1 Å². The maximum atomic E-state index is 11.9. The first-order valence-corrected chi connectivity index (χ1v) is 8.83. The van der Waals surface area contributed by atoms with Crippen LogP contribution in [0, 0.1) is 5.92 Å². The minimum atomic E-state index is -0.0435. The van der Waals surface area contributed by atoms with Gasteiger partial charge in [-0.3, -0.25) is 4.79 Å². The third kappa shape index (κ3) is 2.58. The average molecular weight is 320 g/mol. The smallest absolute Gasteiger partial charge is 0.217 e. The fourth-order valence-corrected chi connectivity index (χ4v) is 4.91. The van der Waals surface area contributed by atoms with Gasteiger partial charge in [0.25, 0.3) is 0 Å². The van der Waals surface area contributed by atoms with Crippen molar-refractivity contribution in [1.82, 2.24) is 5.32 Å². The number of rotatable bonds is 4. The van der Waals surface area contributed by atoms with E-state index in [0.717, 1.165) is 18.5 Å². The van der Waals surface area contributed by atoms with Crippen LogP contribution in [0.2, 0.25) is 0 Å². The van der Waals surface area contributed by atoms with Crippen molar-refractivity contribution in [3.63, 3.8) is 0 Å². The number of carbonyl (C=O) groups is 1. The lowest BCUT2D eigenvalue weighted by molar-refractivity contribution is -0.120. The van der Waals surface area contributed by atoms with Crippen LogP contribution < -0.4 is 10.6 Å². The summed E-state index contributed by atoms with van der Waals surface area (Å²) in [7, 11) is 0. The van der Waals surface area contributed by atoms with Crippen LogP contribution in [0.5, 0.6) is 0 Å². The highest BCUT2D eigenvalue weighted by atomic mass is 16.1. The molecule has 2 N–H and O–H groups in total. The van der Waals surface area contributed by atoms with E-state index in [1.807, 2.05) is 6.07 Å². The number of hydrogen-bond acceptors (Lipinski definition) is 2. The van der Waals surface area contributed by atoms with Gasteiger partial charge in [-0.2, -0.15) is 0 Å². The van der Waals surface area contributed by atoms with Gasteiger partial charge in [0.2, 0.25) is 5.91 Å². The van der Waals surface area contributed by atoms with Crippen molar-refractivity contribution in [2.24, 2.45) is 5.92 Å². The lowest BCUT2D eigenvalue weighted by atomic mass is 9.77.